The fraction of sp³-hybridized carbons (Fsp3) is 0.579. The Morgan fingerprint density at radius 3 is 2.60 bits per heavy atom. The summed E-state index contributed by atoms with van der Waals surface area (Å²) in [5.41, 5.74) is 0.874. The molecule has 6 heteroatoms. The Labute approximate surface area is 148 Å². The molecule has 1 aromatic heterocycles. The van der Waals surface area contributed by atoms with Gasteiger partial charge in [0.15, 0.2) is 5.82 Å². The monoisotopic (exact) mass is 345 g/mol. The molecule has 0 saturated heterocycles. The molecule has 25 heavy (non-hydrogen) atoms. The van der Waals surface area contributed by atoms with Crippen LogP contribution in [0.15, 0.2) is 28.8 Å². The summed E-state index contributed by atoms with van der Waals surface area (Å²) in [5, 5.41) is 14.0. The van der Waals surface area contributed by atoms with Crippen LogP contribution < -0.4 is 4.74 Å². The van der Waals surface area contributed by atoms with Crippen molar-refractivity contribution < 1.29 is 14.4 Å². The van der Waals surface area contributed by atoms with Gasteiger partial charge in [0.05, 0.1) is 19.8 Å². The van der Waals surface area contributed by atoms with Gasteiger partial charge in [0.2, 0.25) is 0 Å². The van der Waals surface area contributed by atoms with Crippen molar-refractivity contribution in [2.24, 2.45) is 0 Å². The van der Waals surface area contributed by atoms with Crippen LogP contribution in [0.1, 0.15) is 44.9 Å². The predicted molar refractivity (Wildman–Crippen MR) is 95.2 cm³/mol. The molecule has 1 unspecified atom stereocenters. The summed E-state index contributed by atoms with van der Waals surface area (Å²) in [7, 11) is 1.64. The zero-order chi connectivity index (χ0) is 17.6. The van der Waals surface area contributed by atoms with E-state index in [-0.39, 0.29) is 6.10 Å². The van der Waals surface area contributed by atoms with Gasteiger partial charge in [-0.05, 0) is 44.0 Å². The van der Waals surface area contributed by atoms with E-state index in [2.05, 4.69) is 15.0 Å². The third kappa shape index (κ3) is 4.80. The maximum Gasteiger partial charge on any atom is 0.257 e. The lowest BCUT2D eigenvalue weighted by Crippen LogP contribution is -2.40. The minimum atomic E-state index is -0.366. The van der Waals surface area contributed by atoms with Gasteiger partial charge in [-0.3, -0.25) is 4.90 Å². The van der Waals surface area contributed by atoms with Gasteiger partial charge in [-0.25, -0.2) is 0 Å². The summed E-state index contributed by atoms with van der Waals surface area (Å²) in [6.07, 6.45) is 5.80. The van der Waals surface area contributed by atoms with Crippen LogP contribution in [0.4, 0.5) is 0 Å². The first kappa shape index (κ1) is 17.9. The number of benzene rings is 1. The molecule has 1 atom stereocenters. The van der Waals surface area contributed by atoms with Crippen molar-refractivity contribution in [3.05, 3.63) is 30.1 Å². The Morgan fingerprint density at radius 1 is 1.24 bits per heavy atom. The number of nitrogens with zero attached hydrogens (tertiary/aromatic N) is 3. The molecule has 2 aromatic rings. The molecular formula is C19H27N3O3. The van der Waals surface area contributed by atoms with Crippen molar-refractivity contribution in [1.82, 2.24) is 15.0 Å². The lowest BCUT2D eigenvalue weighted by Gasteiger charge is -2.34. The Bertz CT molecular complexity index is 648. The van der Waals surface area contributed by atoms with Crippen LogP contribution in [0.5, 0.6) is 5.75 Å². The molecule has 1 aliphatic rings. The Kier molecular flexibility index (Phi) is 6.04. The Hall–Kier alpha value is -1.92. The second-order valence-electron chi connectivity index (χ2n) is 6.81. The average Bonchev–Trinajstić information content (AvgIpc) is 3.10. The van der Waals surface area contributed by atoms with Gasteiger partial charge >= 0.3 is 0 Å². The topological polar surface area (TPSA) is 71.6 Å². The number of methoxy groups -OCH3 is 1. The third-order valence-corrected chi connectivity index (χ3v) is 4.74. The molecule has 1 aromatic carbocycles. The van der Waals surface area contributed by atoms with Gasteiger partial charge in [0.1, 0.15) is 5.75 Å². The fourth-order valence-electron chi connectivity index (χ4n) is 3.48. The van der Waals surface area contributed by atoms with Gasteiger partial charge in [-0.2, -0.15) is 4.98 Å². The number of aliphatic hydroxyl groups excluding tert-OH is 1. The molecule has 1 N–H and O–H groups in total. The van der Waals surface area contributed by atoms with Crippen LogP contribution in [-0.2, 0) is 6.54 Å². The minimum absolute atomic E-state index is 0.366. The van der Waals surface area contributed by atoms with E-state index >= 15 is 0 Å². The molecule has 136 valence electrons. The largest absolute Gasteiger partial charge is 0.497 e. The summed E-state index contributed by atoms with van der Waals surface area (Å²) < 4.78 is 10.6. The maximum absolute atomic E-state index is 9.85. The molecule has 3 rings (SSSR count). The summed E-state index contributed by atoms with van der Waals surface area (Å²) in [6, 6.07) is 8.06. The first-order valence-electron chi connectivity index (χ1n) is 9.05. The van der Waals surface area contributed by atoms with Crippen LogP contribution in [-0.4, -0.2) is 45.9 Å². The molecule has 0 radical (unpaired) electrons. The van der Waals surface area contributed by atoms with Gasteiger partial charge < -0.3 is 14.4 Å². The molecule has 1 aliphatic carbocycles. The van der Waals surface area contributed by atoms with Crippen molar-refractivity contribution in [1.29, 1.82) is 0 Å². The smallest absolute Gasteiger partial charge is 0.257 e. The van der Waals surface area contributed by atoms with Crippen LogP contribution in [0.25, 0.3) is 11.5 Å². The SMILES string of the molecule is COc1ccc(-c2nc(CN(CC(C)O)C3CCCCC3)no2)cc1. The molecule has 6 nitrogen and oxygen atoms in total. The van der Waals surface area contributed by atoms with E-state index < -0.39 is 0 Å². The van der Waals surface area contributed by atoms with Gasteiger partial charge in [-0.15, -0.1) is 0 Å². The predicted octanol–water partition coefficient (Wildman–Crippen LogP) is 3.26. The first-order valence-corrected chi connectivity index (χ1v) is 9.05. The van der Waals surface area contributed by atoms with Crippen LogP contribution in [0.2, 0.25) is 0 Å². The highest BCUT2D eigenvalue weighted by molar-refractivity contribution is 5.54. The van der Waals surface area contributed by atoms with Gasteiger partial charge in [0.25, 0.3) is 5.89 Å². The quantitative estimate of drug-likeness (QED) is 0.830. The molecule has 0 bridgehead atoms. The first-order chi connectivity index (χ1) is 12.2. The molecular weight excluding hydrogens is 318 g/mol. The summed E-state index contributed by atoms with van der Waals surface area (Å²) in [5.74, 6) is 1.97. The van der Waals surface area contributed by atoms with Crippen LogP contribution in [0, 0.1) is 0 Å². The molecule has 1 heterocycles. The van der Waals surface area contributed by atoms with Gasteiger partial charge in [-0.1, -0.05) is 24.4 Å². The van der Waals surface area contributed by atoms with E-state index in [9.17, 15) is 5.11 Å². The standard InChI is InChI=1S/C19H27N3O3/c1-14(23)12-22(16-6-4-3-5-7-16)13-18-20-19(25-21-18)15-8-10-17(24-2)11-9-15/h8-11,14,16,23H,3-7,12-13H2,1-2H3. The zero-order valence-corrected chi connectivity index (χ0v) is 15.0. The summed E-state index contributed by atoms with van der Waals surface area (Å²) in [6.45, 7) is 3.07. The van der Waals surface area contributed by atoms with E-state index in [1.54, 1.807) is 7.11 Å². The second kappa shape index (κ2) is 8.45. The highest BCUT2D eigenvalue weighted by Crippen LogP contribution is 2.25. The molecule has 1 saturated carbocycles. The number of hydrogen-bond acceptors (Lipinski definition) is 6. The number of rotatable bonds is 7. The van der Waals surface area contributed by atoms with Crippen molar-refractivity contribution in [2.75, 3.05) is 13.7 Å². The maximum atomic E-state index is 9.85. The molecule has 0 aliphatic heterocycles. The molecule has 0 amide bonds. The highest BCUT2D eigenvalue weighted by atomic mass is 16.5. The fourth-order valence-corrected chi connectivity index (χ4v) is 3.48. The van der Waals surface area contributed by atoms with Crippen molar-refractivity contribution in [3.63, 3.8) is 0 Å². The Morgan fingerprint density at radius 2 is 1.96 bits per heavy atom. The third-order valence-electron chi connectivity index (χ3n) is 4.74. The molecule has 0 spiro atoms. The van der Waals surface area contributed by atoms with E-state index in [1.807, 2.05) is 31.2 Å². The van der Waals surface area contributed by atoms with Crippen LogP contribution >= 0.6 is 0 Å². The number of ether oxygens (including phenoxy) is 1. The van der Waals surface area contributed by atoms with Crippen LogP contribution in [0.3, 0.4) is 0 Å². The minimum Gasteiger partial charge on any atom is -0.497 e. The van der Waals surface area contributed by atoms with Crippen molar-refractivity contribution in [3.8, 4) is 17.2 Å². The van der Waals surface area contributed by atoms with E-state index in [1.165, 1.54) is 32.1 Å². The lowest BCUT2D eigenvalue weighted by molar-refractivity contribution is 0.0744. The highest BCUT2D eigenvalue weighted by Gasteiger charge is 2.24. The van der Waals surface area contributed by atoms with E-state index in [0.717, 1.165) is 11.3 Å². The lowest BCUT2D eigenvalue weighted by atomic mass is 9.94. The van der Waals surface area contributed by atoms with E-state index in [4.69, 9.17) is 9.26 Å². The number of aliphatic hydroxyl groups is 1. The summed E-state index contributed by atoms with van der Waals surface area (Å²) >= 11 is 0. The normalized spacial score (nSPS) is 17.0. The summed E-state index contributed by atoms with van der Waals surface area (Å²) in [4.78, 5) is 6.83. The number of hydrogen-bond donors (Lipinski definition) is 1. The second-order valence-corrected chi connectivity index (χ2v) is 6.81. The van der Waals surface area contributed by atoms with Crippen molar-refractivity contribution >= 4 is 0 Å². The van der Waals surface area contributed by atoms with E-state index in [0.29, 0.717) is 30.8 Å². The van der Waals surface area contributed by atoms with Crippen molar-refractivity contribution in [2.45, 2.75) is 57.7 Å². The van der Waals surface area contributed by atoms with Gasteiger partial charge in [0, 0.05) is 18.2 Å². The molecule has 1 fully saturated rings. The Balaban J connectivity index is 1.70. The number of aromatic nitrogens is 2. The average molecular weight is 345 g/mol. The zero-order valence-electron chi connectivity index (χ0n) is 15.0.